The van der Waals surface area contributed by atoms with Gasteiger partial charge in [0.2, 0.25) is 0 Å². The average Bonchev–Trinajstić information content (AvgIpc) is 2.67. The van der Waals surface area contributed by atoms with E-state index in [1.54, 1.807) is 4.80 Å². The van der Waals surface area contributed by atoms with E-state index in [2.05, 4.69) is 27.0 Å². The van der Waals surface area contributed by atoms with Gasteiger partial charge in [-0.3, -0.25) is 0 Å². The van der Waals surface area contributed by atoms with Gasteiger partial charge in [0, 0.05) is 25.4 Å². The number of hydrogen-bond acceptors (Lipinski definition) is 4. The lowest BCUT2D eigenvalue weighted by molar-refractivity contribution is 0.625. The standard InChI is InChI=1S/C12H14ClN5/c1-6-5-8-10-9(15-18(4)16-10)7(2)17(3)11(8)12(13)14-6/h5,7H,1-4H3. The summed E-state index contributed by atoms with van der Waals surface area (Å²) in [6, 6.07) is 2.15. The van der Waals surface area contributed by atoms with Crippen molar-refractivity contribution >= 4 is 17.3 Å². The molecular weight excluding hydrogens is 250 g/mol. The molecule has 0 spiro atoms. The Morgan fingerprint density at radius 1 is 1.28 bits per heavy atom. The summed E-state index contributed by atoms with van der Waals surface area (Å²) in [5.74, 6) is 0. The molecule has 1 aliphatic rings. The van der Waals surface area contributed by atoms with Crippen molar-refractivity contribution in [3.63, 3.8) is 0 Å². The predicted molar refractivity (Wildman–Crippen MR) is 70.8 cm³/mol. The van der Waals surface area contributed by atoms with Crippen LogP contribution in [0.2, 0.25) is 5.15 Å². The van der Waals surface area contributed by atoms with E-state index in [0.29, 0.717) is 5.15 Å². The van der Waals surface area contributed by atoms with Crippen LogP contribution >= 0.6 is 11.6 Å². The van der Waals surface area contributed by atoms with Crippen molar-refractivity contribution in [1.82, 2.24) is 20.0 Å². The maximum absolute atomic E-state index is 6.27. The zero-order chi connectivity index (χ0) is 13.0. The quantitative estimate of drug-likeness (QED) is 0.685. The number of hydrogen-bond donors (Lipinski definition) is 0. The highest BCUT2D eigenvalue weighted by molar-refractivity contribution is 6.33. The average molecular weight is 264 g/mol. The fourth-order valence-corrected chi connectivity index (χ4v) is 2.78. The van der Waals surface area contributed by atoms with E-state index in [4.69, 9.17) is 11.6 Å². The van der Waals surface area contributed by atoms with Gasteiger partial charge < -0.3 is 4.90 Å². The van der Waals surface area contributed by atoms with Crippen molar-refractivity contribution < 1.29 is 0 Å². The van der Waals surface area contributed by atoms with Crippen LogP contribution in [0.4, 0.5) is 5.69 Å². The van der Waals surface area contributed by atoms with Gasteiger partial charge in [-0.05, 0) is 19.9 Å². The molecule has 18 heavy (non-hydrogen) atoms. The van der Waals surface area contributed by atoms with Gasteiger partial charge in [-0.2, -0.15) is 15.0 Å². The molecule has 5 nitrogen and oxygen atoms in total. The molecule has 0 bridgehead atoms. The second-order valence-corrected chi connectivity index (χ2v) is 5.02. The number of halogens is 1. The molecule has 2 aromatic heterocycles. The lowest BCUT2D eigenvalue weighted by Crippen LogP contribution is -2.27. The summed E-state index contributed by atoms with van der Waals surface area (Å²) in [6.07, 6.45) is 0. The van der Waals surface area contributed by atoms with Crippen LogP contribution in [0.5, 0.6) is 0 Å². The Morgan fingerprint density at radius 3 is 2.72 bits per heavy atom. The van der Waals surface area contributed by atoms with Gasteiger partial charge in [0.05, 0.1) is 11.7 Å². The summed E-state index contributed by atoms with van der Waals surface area (Å²) in [7, 11) is 3.84. The van der Waals surface area contributed by atoms with Crippen LogP contribution in [0.3, 0.4) is 0 Å². The largest absolute Gasteiger partial charge is 0.363 e. The molecule has 0 N–H and O–H groups in total. The molecular formula is C12H14ClN5. The molecule has 6 heteroatoms. The van der Waals surface area contributed by atoms with Gasteiger partial charge in [0.1, 0.15) is 11.4 Å². The van der Waals surface area contributed by atoms with Crippen molar-refractivity contribution in [2.75, 3.05) is 11.9 Å². The number of fused-ring (bicyclic) bond motifs is 3. The van der Waals surface area contributed by atoms with Gasteiger partial charge in [-0.15, -0.1) is 0 Å². The topological polar surface area (TPSA) is 46.8 Å². The minimum Gasteiger partial charge on any atom is -0.363 e. The molecule has 3 heterocycles. The second kappa shape index (κ2) is 3.68. The van der Waals surface area contributed by atoms with Crippen molar-refractivity contribution in [3.05, 3.63) is 22.6 Å². The summed E-state index contributed by atoms with van der Waals surface area (Å²) >= 11 is 6.27. The van der Waals surface area contributed by atoms with Gasteiger partial charge in [0.25, 0.3) is 0 Å². The van der Waals surface area contributed by atoms with E-state index >= 15 is 0 Å². The molecule has 3 rings (SSSR count). The fraction of sp³-hybridized carbons (Fsp3) is 0.417. The van der Waals surface area contributed by atoms with E-state index in [9.17, 15) is 0 Å². The second-order valence-electron chi connectivity index (χ2n) is 4.66. The first-order valence-corrected chi connectivity index (χ1v) is 6.18. The summed E-state index contributed by atoms with van der Waals surface area (Å²) in [5.41, 5.74) is 4.72. The number of pyridine rings is 1. The molecule has 0 radical (unpaired) electrons. The predicted octanol–water partition coefficient (Wildman–Crippen LogP) is 2.35. The normalized spacial score (nSPS) is 17.6. The highest BCUT2D eigenvalue weighted by atomic mass is 35.5. The first kappa shape index (κ1) is 11.5. The van der Waals surface area contributed by atoms with Crippen LogP contribution in [0.25, 0.3) is 11.3 Å². The Bertz CT molecular complexity index is 634. The Balaban J connectivity index is 2.36. The van der Waals surface area contributed by atoms with Crippen LogP contribution in [0.15, 0.2) is 6.07 Å². The SMILES string of the molecule is Cc1cc2c(c(Cl)n1)N(C)C(C)c1nn(C)nc1-2. The van der Waals surface area contributed by atoms with Crippen molar-refractivity contribution in [2.45, 2.75) is 19.9 Å². The minimum absolute atomic E-state index is 0.142. The van der Waals surface area contributed by atoms with Crippen LogP contribution in [-0.2, 0) is 7.05 Å². The Labute approximate surface area is 110 Å². The van der Waals surface area contributed by atoms with E-state index in [1.807, 2.05) is 27.1 Å². The maximum Gasteiger partial charge on any atom is 0.153 e. The highest BCUT2D eigenvalue weighted by Gasteiger charge is 2.32. The molecule has 0 saturated carbocycles. The van der Waals surface area contributed by atoms with Gasteiger partial charge >= 0.3 is 0 Å². The first-order valence-electron chi connectivity index (χ1n) is 5.80. The Hall–Kier alpha value is -1.62. The summed E-state index contributed by atoms with van der Waals surface area (Å²) in [6.45, 7) is 4.02. The summed E-state index contributed by atoms with van der Waals surface area (Å²) in [4.78, 5) is 8.02. The zero-order valence-corrected chi connectivity index (χ0v) is 11.5. The molecule has 0 fully saturated rings. The molecule has 1 unspecified atom stereocenters. The van der Waals surface area contributed by atoms with E-state index < -0.39 is 0 Å². The van der Waals surface area contributed by atoms with Crippen molar-refractivity contribution in [2.24, 2.45) is 7.05 Å². The third-order valence-electron chi connectivity index (χ3n) is 3.40. The monoisotopic (exact) mass is 263 g/mol. The van der Waals surface area contributed by atoms with Crippen LogP contribution < -0.4 is 4.90 Å². The number of rotatable bonds is 0. The van der Waals surface area contributed by atoms with E-state index in [-0.39, 0.29) is 6.04 Å². The number of aryl methyl sites for hydroxylation is 2. The van der Waals surface area contributed by atoms with Crippen molar-refractivity contribution in [1.29, 1.82) is 0 Å². The fourth-order valence-electron chi connectivity index (χ4n) is 2.42. The summed E-state index contributed by atoms with van der Waals surface area (Å²) in [5, 5.41) is 9.42. The zero-order valence-electron chi connectivity index (χ0n) is 10.8. The van der Waals surface area contributed by atoms with Crippen LogP contribution in [0, 0.1) is 6.92 Å². The molecule has 1 atom stereocenters. The molecule has 1 aliphatic heterocycles. The lowest BCUT2D eigenvalue weighted by Gasteiger charge is -2.32. The van der Waals surface area contributed by atoms with Gasteiger partial charge in [-0.1, -0.05) is 11.6 Å². The van der Waals surface area contributed by atoms with Crippen LogP contribution in [-0.4, -0.2) is 27.0 Å². The first-order chi connectivity index (χ1) is 8.49. The Kier molecular flexibility index (Phi) is 2.35. The Morgan fingerprint density at radius 2 is 2.00 bits per heavy atom. The smallest absolute Gasteiger partial charge is 0.153 e. The molecule has 94 valence electrons. The third-order valence-corrected chi connectivity index (χ3v) is 3.67. The molecule has 0 amide bonds. The summed E-state index contributed by atoms with van der Waals surface area (Å²) < 4.78 is 0. The number of aromatic nitrogens is 4. The molecule has 0 saturated heterocycles. The van der Waals surface area contributed by atoms with E-state index in [1.165, 1.54) is 0 Å². The van der Waals surface area contributed by atoms with Gasteiger partial charge in [-0.25, -0.2) is 4.98 Å². The molecule has 2 aromatic rings. The molecule has 0 aliphatic carbocycles. The maximum atomic E-state index is 6.27. The lowest BCUT2D eigenvalue weighted by atomic mass is 9.99. The third kappa shape index (κ3) is 1.43. The van der Waals surface area contributed by atoms with Crippen LogP contribution in [0.1, 0.15) is 24.4 Å². The highest BCUT2D eigenvalue weighted by Crippen LogP contribution is 2.44. The number of nitrogens with zero attached hydrogens (tertiary/aromatic N) is 5. The van der Waals surface area contributed by atoms with Crippen molar-refractivity contribution in [3.8, 4) is 11.3 Å². The van der Waals surface area contributed by atoms with Gasteiger partial charge in [0.15, 0.2) is 5.15 Å². The minimum atomic E-state index is 0.142. The number of anilines is 1. The van der Waals surface area contributed by atoms with E-state index in [0.717, 1.165) is 28.3 Å². The molecule has 0 aromatic carbocycles.